The summed E-state index contributed by atoms with van der Waals surface area (Å²) in [5, 5.41) is 4.40. The number of hydrogen-bond acceptors (Lipinski definition) is 2. The van der Waals surface area contributed by atoms with Crippen LogP contribution in [0.3, 0.4) is 0 Å². The maximum Gasteiger partial charge on any atom is 0.317 e. The van der Waals surface area contributed by atoms with Crippen LogP contribution in [0.2, 0.25) is 0 Å². The molecule has 3 aromatic rings. The van der Waals surface area contributed by atoms with Crippen molar-refractivity contribution in [2.75, 3.05) is 13.1 Å². The number of nitrogens with one attached hydrogen (secondary N) is 2. The van der Waals surface area contributed by atoms with Crippen molar-refractivity contribution in [2.45, 2.75) is 51.6 Å². The Morgan fingerprint density at radius 3 is 3.14 bits per heavy atom. The van der Waals surface area contributed by atoms with Crippen molar-refractivity contribution in [1.29, 1.82) is 0 Å². The minimum absolute atomic E-state index is 0.0753. The molecule has 2 N–H and O–H groups in total. The molecule has 28 heavy (non-hydrogen) atoms. The van der Waals surface area contributed by atoms with E-state index < -0.39 is 0 Å². The number of benzene rings is 1. The van der Waals surface area contributed by atoms with Gasteiger partial charge in [0.1, 0.15) is 0 Å². The number of aryl methyl sites for hydroxylation is 2. The third-order valence-electron chi connectivity index (χ3n) is 5.85. The number of aromatic amines is 1. The lowest BCUT2D eigenvalue weighted by Gasteiger charge is -2.36. The van der Waals surface area contributed by atoms with Gasteiger partial charge in [-0.05, 0) is 50.2 Å². The van der Waals surface area contributed by atoms with Gasteiger partial charge in [0.25, 0.3) is 0 Å². The second-order valence-electron chi connectivity index (χ2n) is 7.73. The molecule has 1 atom stereocenters. The summed E-state index contributed by atoms with van der Waals surface area (Å²) in [6, 6.07) is 6.74. The highest BCUT2D eigenvalue weighted by molar-refractivity contribution is 5.86. The fourth-order valence-corrected chi connectivity index (χ4v) is 4.26. The lowest BCUT2D eigenvalue weighted by atomic mass is 9.99. The number of carbonyl (C=O) groups excluding carboxylic acids is 1. The Hall–Kier alpha value is -2.76. The molecule has 4 rings (SSSR count). The predicted octanol–water partition coefficient (Wildman–Crippen LogP) is 3.87. The summed E-state index contributed by atoms with van der Waals surface area (Å²) in [5.74, 6) is 0. The van der Waals surface area contributed by atoms with E-state index in [9.17, 15) is 4.79 Å². The van der Waals surface area contributed by atoms with E-state index in [2.05, 4.69) is 51.2 Å². The molecule has 2 amide bonds. The zero-order chi connectivity index (χ0) is 19.3. The van der Waals surface area contributed by atoms with Gasteiger partial charge < -0.3 is 19.8 Å². The number of likely N-dealkylation sites (tertiary alicyclic amines) is 1. The third-order valence-corrected chi connectivity index (χ3v) is 5.85. The molecule has 0 saturated carbocycles. The number of aromatic nitrogens is 3. The quantitative estimate of drug-likeness (QED) is 0.683. The van der Waals surface area contributed by atoms with Gasteiger partial charge in [0, 0.05) is 55.2 Å². The Bertz CT molecular complexity index is 914. The van der Waals surface area contributed by atoms with Crippen molar-refractivity contribution in [3.05, 3.63) is 54.2 Å². The third kappa shape index (κ3) is 4.06. The van der Waals surface area contributed by atoms with E-state index in [0.29, 0.717) is 12.6 Å². The molecule has 3 heterocycles. The molecule has 0 unspecified atom stereocenters. The fourth-order valence-electron chi connectivity index (χ4n) is 4.26. The van der Waals surface area contributed by atoms with Crippen LogP contribution in [-0.4, -0.2) is 44.6 Å². The minimum Gasteiger partial charge on any atom is -0.361 e. The molecule has 1 saturated heterocycles. The van der Waals surface area contributed by atoms with Crippen LogP contribution in [-0.2, 0) is 13.0 Å². The second kappa shape index (κ2) is 8.50. The molecule has 1 fully saturated rings. The first-order valence-electron chi connectivity index (χ1n) is 10.3. The number of para-hydroxylation sites is 1. The van der Waals surface area contributed by atoms with Crippen LogP contribution in [0.15, 0.2) is 43.1 Å². The van der Waals surface area contributed by atoms with Crippen molar-refractivity contribution in [2.24, 2.45) is 0 Å². The van der Waals surface area contributed by atoms with Crippen molar-refractivity contribution < 1.29 is 4.79 Å². The Labute approximate surface area is 165 Å². The standard InChI is InChI=1S/C22H29N5O/c1-17-5-4-7-20-18(15-25-21(17)20)8-10-24-22(28)27-12-3-2-6-19(27)9-13-26-14-11-23-16-26/h4-5,7,11,14-16,19,25H,2-3,6,8-10,12-13H2,1H3,(H,24,28)/t19-/m1/s1. The van der Waals surface area contributed by atoms with Crippen molar-refractivity contribution in [3.8, 4) is 0 Å². The molecule has 2 aromatic heterocycles. The molecule has 0 radical (unpaired) electrons. The lowest BCUT2D eigenvalue weighted by Crippen LogP contribution is -2.49. The molecule has 0 bridgehead atoms. The summed E-state index contributed by atoms with van der Waals surface area (Å²) in [6.45, 7) is 4.53. The first kappa shape index (κ1) is 18.6. The largest absolute Gasteiger partial charge is 0.361 e. The van der Waals surface area contributed by atoms with E-state index in [0.717, 1.165) is 38.8 Å². The zero-order valence-electron chi connectivity index (χ0n) is 16.5. The van der Waals surface area contributed by atoms with Gasteiger partial charge in [0.2, 0.25) is 0 Å². The van der Waals surface area contributed by atoms with Gasteiger partial charge in [0.15, 0.2) is 0 Å². The SMILES string of the molecule is Cc1cccc2c(CCNC(=O)N3CCCC[C@@H]3CCn3ccnc3)c[nH]c12. The van der Waals surface area contributed by atoms with E-state index in [-0.39, 0.29) is 6.03 Å². The van der Waals surface area contributed by atoms with Crippen molar-refractivity contribution >= 4 is 16.9 Å². The van der Waals surface area contributed by atoms with Gasteiger partial charge >= 0.3 is 6.03 Å². The van der Waals surface area contributed by atoms with Gasteiger partial charge in [-0.15, -0.1) is 0 Å². The van der Waals surface area contributed by atoms with E-state index in [1.807, 2.05) is 17.4 Å². The molecule has 6 heteroatoms. The Morgan fingerprint density at radius 2 is 2.29 bits per heavy atom. The molecular formula is C22H29N5O. The van der Waals surface area contributed by atoms with Gasteiger partial charge in [0.05, 0.1) is 6.33 Å². The summed E-state index contributed by atoms with van der Waals surface area (Å²) in [7, 11) is 0. The highest BCUT2D eigenvalue weighted by atomic mass is 16.2. The maximum absolute atomic E-state index is 12.8. The Kier molecular flexibility index (Phi) is 5.65. The summed E-state index contributed by atoms with van der Waals surface area (Å²) in [4.78, 5) is 22.3. The lowest BCUT2D eigenvalue weighted by molar-refractivity contribution is 0.144. The van der Waals surface area contributed by atoms with Crippen molar-refractivity contribution in [1.82, 2.24) is 24.8 Å². The summed E-state index contributed by atoms with van der Waals surface area (Å²) in [5.41, 5.74) is 3.70. The summed E-state index contributed by atoms with van der Waals surface area (Å²) in [6.07, 6.45) is 12.9. The first-order chi connectivity index (χ1) is 13.7. The number of amides is 2. The molecule has 6 nitrogen and oxygen atoms in total. The highest BCUT2D eigenvalue weighted by Crippen LogP contribution is 2.22. The maximum atomic E-state index is 12.8. The number of hydrogen-bond donors (Lipinski definition) is 2. The monoisotopic (exact) mass is 379 g/mol. The Balaban J connectivity index is 1.32. The van der Waals surface area contributed by atoms with Gasteiger partial charge in [-0.1, -0.05) is 18.2 Å². The average molecular weight is 380 g/mol. The smallest absolute Gasteiger partial charge is 0.317 e. The molecule has 0 spiro atoms. The van der Waals surface area contributed by atoms with Crippen LogP contribution < -0.4 is 5.32 Å². The number of fused-ring (bicyclic) bond motifs is 1. The average Bonchev–Trinajstić information content (AvgIpc) is 3.37. The van der Waals surface area contributed by atoms with Crippen LogP contribution in [0.25, 0.3) is 10.9 Å². The summed E-state index contributed by atoms with van der Waals surface area (Å²) < 4.78 is 2.09. The van der Waals surface area contributed by atoms with E-state index >= 15 is 0 Å². The topological polar surface area (TPSA) is 66.0 Å². The second-order valence-corrected chi connectivity index (χ2v) is 7.73. The summed E-state index contributed by atoms with van der Waals surface area (Å²) >= 11 is 0. The first-order valence-corrected chi connectivity index (χ1v) is 10.3. The van der Waals surface area contributed by atoms with Crippen LogP contribution in [0.1, 0.15) is 36.8 Å². The molecular weight excluding hydrogens is 350 g/mol. The van der Waals surface area contributed by atoms with Gasteiger partial charge in [-0.25, -0.2) is 9.78 Å². The molecule has 1 aliphatic heterocycles. The van der Waals surface area contributed by atoms with Gasteiger partial charge in [-0.3, -0.25) is 0 Å². The molecule has 1 aliphatic rings. The van der Waals surface area contributed by atoms with Crippen LogP contribution in [0, 0.1) is 6.92 Å². The minimum atomic E-state index is 0.0753. The Morgan fingerprint density at radius 1 is 1.36 bits per heavy atom. The zero-order valence-corrected chi connectivity index (χ0v) is 16.5. The normalized spacial score (nSPS) is 17.2. The van der Waals surface area contributed by atoms with Crippen molar-refractivity contribution in [3.63, 3.8) is 0 Å². The van der Waals surface area contributed by atoms with E-state index in [1.54, 1.807) is 6.20 Å². The highest BCUT2D eigenvalue weighted by Gasteiger charge is 2.26. The van der Waals surface area contributed by atoms with Crippen LogP contribution in [0.4, 0.5) is 4.79 Å². The molecule has 0 aliphatic carbocycles. The molecule has 1 aromatic carbocycles. The number of urea groups is 1. The number of nitrogens with zero attached hydrogens (tertiary/aromatic N) is 3. The number of rotatable bonds is 6. The van der Waals surface area contributed by atoms with Crippen LogP contribution in [0.5, 0.6) is 0 Å². The van der Waals surface area contributed by atoms with E-state index in [4.69, 9.17) is 0 Å². The fraction of sp³-hybridized carbons (Fsp3) is 0.455. The number of piperidine rings is 1. The van der Waals surface area contributed by atoms with E-state index in [1.165, 1.54) is 28.5 Å². The number of carbonyl (C=O) groups is 1. The number of H-pyrrole nitrogens is 1. The molecule has 148 valence electrons. The van der Waals surface area contributed by atoms with Crippen LogP contribution >= 0.6 is 0 Å². The predicted molar refractivity (Wildman–Crippen MR) is 111 cm³/mol. The van der Waals surface area contributed by atoms with Gasteiger partial charge in [-0.2, -0.15) is 0 Å². The number of imidazole rings is 1.